The largest absolute Gasteiger partial charge is 0.369 e. The van der Waals surface area contributed by atoms with Gasteiger partial charge in [0.25, 0.3) is 0 Å². The lowest BCUT2D eigenvalue weighted by Crippen LogP contribution is -2.23. The van der Waals surface area contributed by atoms with Crippen LogP contribution < -0.4 is 5.73 Å². The number of nitrogens with one attached hydrogen (secondary N) is 1. The second-order valence-corrected chi connectivity index (χ2v) is 3.27. The first-order valence-corrected chi connectivity index (χ1v) is 3.43. The molecule has 1 atom stereocenters. The van der Waals surface area contributed by atoms with Crippen LogP contribution in [0, 0.1) is 5.41 Å². The third-order valence-corrected chi connectivity index (χ3v) is 1.69. The van der Waals surface area contributed by atoms with E-state index in [0.717, 1.165) is 0 Å². The lowest BCUT2D eigenvalue weighted by Gasteiger charge is -2.02. The summed E-state index contributed by atoms with van der Waals surface area (Å²) in [5, 5.41) is 7.12. The molecule has 0 aromatic carbocycles. The Labute approximate surface area is 58.5 Å². The van der Waals surface area contributed by atoms with E-state index in [2.05, 4.69) is 0 Å². The number of carbonyl (C=O) groups excluding carboxylic acids is 1. The van der Waals surface area contributed by atoms with Crippen LogP contribution in [0.2, 0.25) is 0 Å². The molecular weight excluding hydrogens is 136 g/mol. The third kappa shape index (κ3) is 4.02. The lowest BCUT2D eigenvalue weighted by atomic mass is 10.5. The molecule has 1 unspecified atom stereocenters. The fourth-order valence-electron chi connectivity index (χ4n) is 0.323. The molecule has 0 spiro atoms. The summed E-state index contributed by atoms with van der Waals surface area (Å²) in [6.07, 6.45) is 0. The summed E-state index contributed by atoms with van der Waals surface area (Å²) in [4.78, 5) is 10.3. The highest BCUT2D eigenvalue weighted by Crippen LogP contribution is 2.09. The molecule has 0 bridgehead atoms. The number of primary amides is 1. The maximum Gasteiger partial charge on any atom is 0.230 e. The van der Waals surface area contributed by atoms with E-state index in [1.54, 1.807) is 13.8 Å². The van der Waals surface area contributed by atoms with Crippen molar-refractivity contribution >= 4 is 22.7 Å². The molecule has 0 heterocycles. The van der Waals surface area contributed by atoms with Gasteiger partial charge in [0.2, 0.25) is 5.91 Å². The van der Waals surface area contributed by atoms with Crippen LogP contribution in [0.1, 0.15) is 13.8 Å². The van der Waals surface area contributed by atoms with Crippen molar-refractivity contribution in [2.24, 2.45) is 5.73 Å². The number of hydrogen-bond acceptors (Lipinski definition) is 3. The molecule has 1 amide bonds. The highest BCUT2D eigenvalue weighted by Gasteiger charge is 2.08. The van der Waals surface area contributed by atoms with E-state index in [9.17, 15) is 4.79 Å². The second kappa shape index (κ2) is 3.50. The smallest absolute Gasteiger partial charge is 0.230 e. The molecule has 52 valence electrons. The number of hydrogen-bond donors (Lipinski definition) is 2. The van der Waals surface area contributed by atoms with Gasteiger partial charge in [0.1, 0.15) is 0 Å². The second-order valence-electron chi connectivity index (χ2n) is 1.72. The quantitative estimate of drug-likeness (QED) is 0.442. The molecule has 0 aliphatic heterocycles. The van der Waals surface area contributed by atoms with E-state index >= 15 is 0 Å². The first kappa shape index (κ1) is 8.49. The van der Waals surface area contributed by atoms with Crippen molar-refractivity contribution in [2.45, 2.75) is 19.1 Å². The van der Waals surface area contributed by atoms with E-state index < -0.39 is 0 Å². The zero-order valence-electron chi connectivity index (χ0n) is 5.47. The first-order valence-electron chi connectivity index (χ1n) is 2.55. The van der Waals surface area contributed by atoms with Crippen molar-refractivity contribution in [2.75, 3.05) is 0 Å². The molecule has 0 rings (SSSR count). The van der Waals surface area contributed by atoms with Crippen LogP contribution in [0.15, 0.2) is 0 Å². The van der Waals surface area contributed by atoms with Crippen LogP contribution in [-0.4, -0.2) is 16.2 Å². The topological polar surface area (TPSA) is 66.9 Å². The van der Waals surface area contributed by atoms with E-state index in [1.807, 2.05) is 0 Å². The zero-order valence-corrected chi connectivity index (χ0v) is 6.29. The van der Waals surface area contributed by atoms with Crippen LogP contribution in [0.25, 0.3) is 0 Å². The lowest BCUT2D eigenvalue weighted by molar-refractivity contribution is -0.117. The Hall–Kier alpha value is -0.510. The van der Waals surface area contributed by atoms with Crippen LogP contribution in [-0.2, 0) is 4.79 Å². The molecule has 9 heavy (non-hydrogen) atoms. The summed E-state index contributed by atoms with van der Waals surface area (Å²) in [5.74, 6) is -0.369. The molecule has 4 heteroatoms. The number of carbonyl (C=O) groups is 1. The molecule has 0 aromatic heterocycles. The van der Waals surface area contributed by atoms with Crippen LogP contribution in [0.5, 0.6) is 0 Å². The minimum atomic E-state index is -0.369. The predicted molar refractivity (Wildman–Crippen MR) is 39.6 cm³/mol. The van der Waals surface area contributed by atoms with Gasteiger partial charge >= 0.3 is 0 Å². The van der Waals surface area contributed by atoms with Gasteiger partial charge in [-0.25, -0.2) is 0 Å². The van der Waals surface area contributed by atoms with Crippen molar-refractivity contribution < 1.29 is 4.79 Å². The molecule has 0 saturated carbocycles. The fourth-order valence-corrected chi connectivity index (χ4v) is 0.970. The normalized spacial score (nSPS) is 12.7. The number of thioether (sulfide) groups is 1. The number of nitrogens with two attached hydrogens (primary N) is 1. The summed E-state index contributed by atoms with van der Waals surface area (Å²) >= 11 is 1.17. The number of rotatable bonds is 2. The third-order valence-electron chi connectivity index (χ3n) is 0.754. The highest BCUT2D eigenvalue weighted by atomic mass is 32.2. The molecule has 0 fully saturated rings. The fraction of sp³-hybridized carbons (Fsp3) is 0.600. The maximum absolute atomic E-state index is 10.3. The Morgan fingerprint density at radius 3 is 2.33 bits per heavy atom. The van der Waals surface area contributed by atoms with Crippen molar-refractivity contribution in [1.29, 1.82) is 5.41 Å². The molecule has 0 aromatic rings. The minimum absolute atomic E-state index is 0.275. The van der Waals surface area contributed by atoms with Crippen molar-refractivity contribution in [3.8, 4) is 0 Å². The van der Waals surface area contributed by atoms with E-state index in [-0.39, 0.29) is 11.2 Å². The van der Waals surface area contributed by atoms with Crippen molar-refractivity contribution in [1.82, 2.24) is 0 Å². The van der Waals surface area contributed by atoms with Gasteiger partial charge in [0.15, 0.2) is 0 Å². The van der Waals surface area contributed by atoms with Crippen molar-refractivity contribution in [3.05, 3.63) is 0 Å². The van der Waals surface area contributed by atoms with Crippen LogP contribution in [0.4, 0.5) is 0 Å². The van der Waals surface area contributed by atoms with Gasteiger partial charge in [0.05, 0.1) is 10.3 Å². The standard InChI is InChI=1S/C5H10N2OS/c1-3(5(7)8)9-4(2)6/h3,6H,1-2H3,(H2,7,8). The van der Waals surface area contributed by atoms with Crippen LogP contribution >= 0.6 is 11.8 Å². The Morgan fingerprint density at radius 1 is 1.78 bits per heavy atom. The Balaban J connectivity index is 3.63. The Bertz CT molecular complexity index is 135. The monoisotopic (exact) mass is 146 g/mol. The SMILES string of the molecule is CC(=N)SC(C)C(N)=O. The van der Waals surface area contributed by atoms with Gasteiger partial charge in [-0.2, -0.15) is 0 Å². The van der Waals surface area contributed by atoms with Gasteiger partial charge in [0, 0.05) is 0 Å². The molecule has 0 radical (unpaired) electrons. The molecule has 0 aliphatic rings. The molecule has 3 nitrogen and oxygen atoms in total. The molecular formula is C5H10N2OS. The van der Waals surface area contributed by atoms with E-state index in [4.69, 9.17) is 11.1 Å². The zero-order chi connectivity index (χ0) is 7.44. The maximum atomic E-state index is 10.3. The van der Waals surface area contributed by atoms with E-state index in [0.29, 0.717) is 5.04 Å². The molecule has 0 saturated heterocycles. The average Bonchev–Trinajstić information content (AvgIpc) is 1.63. The van der Waals surface area contributed by atoms with Gasteiger partial charge in [-0.1, -0.05) is 11.8 Å². The van der Waals surface area contributed by atoms with E-state index in [1.165, 1.54) is 11.8 Å². The average molecular weight is 146 g/mol. The van der Waals surface area contributed by atoms with Crippen molar-refractivity contribution in [3.63, 3.8) is 0 Å². The summed E-state index contributed by atoms with van der Waals surface area (Å²) in [5.41, 5.74) is 4.93. The summed E-state index contributed by atoms with van der Waals surface area (Å²) in [6.45, 7) is 3.31. The van der Waals surface area contributed by atoms with Gasteiger partial charge in [-0.15, -0.1) is 0 Å². The summed E-state index contributed by atoms with van der Waals surface area (Å²) in [6, 6.07) is 0. The summed E-state index contributed by atoms with van der Waals surface area (Å²) in [7, 11) is 0. The Morgan fingerprint density at radius 2 is 2.22 bits per heavy atom. The minimum Gasteiger partial charge on any atom is -0.369 e. The van der Waals surface area contributed by atoms with Crippen LogP contribution in [0.3, 0.4) is 0 Å². The summed E-state index contributed by atoms with van der Waals surface area (Å²) < 4.78 is 0. The number of amides is 1. The van der Waals surface area contributed by atoms with Gasteiger partial charge < -0.3 is 5.73 Å². The molecule has 0 aliphatic carbocycles. The predicted octanol–water partition coefficient (Wildman–Crippen LogP) is 0.591. The first-order chi connectivity index (χ1) is 4.04. The molecule has 3 N–H and O–H groups in total. The van der Waals surface area contributed by atoms with Gasteiger partial charge in [-0.3, -0.25) is 10.2 Å². The highest BCUT2D eigenvalue weighted by molar-refractivity contribution is 8.14. The van der Waals surface area contributed by atoms with Gasteiger partial charge in [-0.05, 0) is 13.8 Å². The Kier molecular flexibility index (Phi) is 3.30.